The Balaban J connectivity index is 1.81. The Bertz CT molecular complexity index is 756. The Kier molecular flexibility index (Phi) is 3.81. The summed E-state index contributed by atoms with van der Waals surface area (Å²) in [5.41, 5.74) is 2.09. The van der Waals surface area contributed by atoms with Crippen molar-refractivity contribution < 1.29 is 16.8 Å². The lowest BCUT2D eigenvalue weighted by atomic mass is 10.1. The molecule has 1 atom stereocenters. The van der Waals surface area contributed by atoms with E-state index in [0.29, 0.717) is 19.4 Å². The second kappa shape index (κ2) is 5.35. The van der Waals surface area contributed by atoms with Gasteiger partial charge in [0.25, 0.3) is 0 Å². The molecule has 0 aliphatic carbocycles. The van der Waals surface area contributed by atoms with Gasteiger partial charge in [0.15, 0.2) is 9.84 Å². The van der Waals surface area contributed by atoms with Crippen molar-refractivity contribution in [2.75, 3.05) is 11.5 Å². The van der Waals surface area contributed by atoms with E-state index in [1.165, 1.54) is 0 Å². The molecular weight excluding hydrogens is 312 g/mol. The molecule has 1 unspecified atom stereocenters. The summed E-state index contributed by atoms with van der Waals surface area (Å²) in [4.78, 5) is 0.202. The maximum absolute atomic E-state index is 12.4. The van der Waals surface area contributed by atoms with Gasteiger partial charge in [-0.3, -0.25) is 0 Å². The molecule has 1 aromatic carbocycles. The molecule has 1 aromatic rings. The van der Waals surface area contributed by atoms with Crippen LogP contribution in [0.5, 0.6) is 0 Å². The maximum Gasteiger partial charge on any atom is 0.240 e. The maximum atomic E-state index is 12.4. The lowest BCUT2D eigenvalue weighted by Crippen LogP contribution is -2.43. The van der Waals surface area contributed by atoms with Crippen LogP contribution in [-0.2, 0) is 33.0 Å². The van der Waals surface area contributed by atoms with Gasteiger partial charge in [0.1, 0.15) is 0 Å². The molecule has 2 aliphatic heterocycles. The molecule has 0 bridgehead atoms. The van der Waals surface area contributed by atoms with Crippen molar-refractivity contribution in [2.24, 2.45) is 0 Å². The van der Waals surface area contributed by atoms with E-state index in [1.807, 2.05) is 6.07 Å². The first-order chi connectivity index (χ1) is 9.86. The Hall–Kier alpha value is -0.960. The molecule has 0 saturated carbocycles. The number of hydrogen-bond donors (Lipinski definition) is 2. The fourth-order valence-electron chi connectivity index (χ4n) is 2.84. The van der Waals surface area contributed by atoms with Crippen molar-refractivity contribution in [1.82, 2.24) is 10.0 Å². The molecule has 0 amide bonds. The minimum absolute atomic E-state index is 0.112. The standard InChI is InChI=1S/C13H18N2O4S2/c16-20(17)5-1-2-12(9-20)15-21(18,19)13-4-3-10-7-14-8-11(10)6-13/h3-4,6,12,14-15H,1-2,5,7-9H2. The van der Waals surface area contributed by atoms with Gasteiger partial charge in [-0.1, -0.05) is 6.07 Å². The normalized spacial score (nSPS) is 24.7. The zero-order valence-corrected chi connectivity index (χ0v) is 13.1. The number of fused-ring (bicyclic) bond motifs is 1. The average Bonchev–Trinajstić information content (AvgIpc) is 2.83. The molecule has 116 valence electrons. The van der Waals surface area contributed by atoms with Gasteiger partial charge in [-0.05, 0) is 36.1 Å². The van der Waals surface area contributed by atoms with E-state index in [4.69, 9.17) is 0 Å². The van der Waals surface area contributed by atoms with Crippen molar-refractivity contribution in [3.63, 3.8) is 0 Å². The molecule has 8 heteroatoms. The molecule has 1 fully saturated rings. The third kappa shape index (κ3) is 3.28. The molecule has 2 N–H and O–H groups in total. The fraction of sp³-hybridized carbons (Fsp3) is 0.538. The lowest BCUT2D eigenvalue weighted by molar-refractivity contribution is 0.517. The topological polar surface area (TPSA) is 92.3 Å². The number of sulfonamides is 1. The summed E-state index contributed by atoms with van der Waals surface area (Å²) < 4.78 is 50.5. The Labute approximate surface area is 124 Å². The molecule has 2 heterocycles. The molecular formula is C13H18N2O4S2. The van der Waals surface area contributed by atoms with Crippen molar-refractivity contribution in [1.29, 1.82) is 0 Å². The Morgan fingerprint density at radius 2 is 1.95 bits per heavy atom. The van der Waals surface area contributed by atoms with Crippen LogP contribution in [0.25, 0.3) is 0 Å². The van der Waals surface area contributed by atoms with Gasteiger partial charge in [0, 0.05) is 19.1 Å². The third-order valence-electron chi connectivity index (χ3n) is 3.90. The first kappa shape index (κ1) is 15.0. The fourth-order valence-corrected chi connectivity index (χ4v) is 5.90. The predicted octanol–water partition coefficient (Wildman–Crippen LogP) is 0.145. The van der Waals surface area contributed by atoms with Crippen LogP contribution in [0.15, 0.2) is 23.1 Å². The second-order valence-corrected chi connectivity index (χ2v) is 9.55. The molecule has 0 radical (unpaired) electrons. The number of hydrogen-bond acceptors (Lipinski definition) is 5. The van der Waals surface area contributed by atoms with Gasteiger partial charge in [-0.15, -0.1) is 0 Å². The van der Waals surface area contributed by atoms with E-state index >= 15 is 0 Å². The van der Waals surface area contributed by atoms with E-state index in [-0.39, 0.29) is 16.4 Å². The lowest BCUT2D eigenvalue weighted by Gasteiger charge is -2.23. The summed E-state index contributed by atoms with van der Waals surface area (Å²) in [6.07, 6.45) is 1.06. The summed E-state index contributed by atoms with van der Waals surface area (Å²) >= 11 is 0. The van der Waals surface area contributed by atoms with Crippen molar-refractivity contribution >= 4 is 19.9 Å². The predicted molar refractivity (Wildman–Crippen MR) is 79.0 cm³/mol. The van der Waals surface area contributed by atoms with Crippen molar-refractivity contribution in [3.8, 4) is 0 Å². The highest BCUT2D eigenvalue weighted by Crippen LogP contribution is 2.21. The molecule has 21 heavy (non-hydrogen) atoms. The van der Waals surface area contributed by atoms with Crippen molar-refractivity contribution in [3.05, 3.63) is 29.3 Å². The van der Waals surface area contributed by atoms with Crippen LogP contribution in [-0.4, -0.2) is 34.4 Å². The highest BCUT2D eigenvalue weighted by molar-refractivity contribution is 7.91. The van der Waals surface area contributed by atoms with Crippen LogP contribution in [0.1, 0.15) is 24.0 Å². The summed E-state index contributed by atoms with van der Waals surface area (Å²) in [6.45, 7) is 1.42. The van der Waals surface area contributed by atoms with E-state index in [1.54, 1.807) is 12.1 Å². The first-order valence-corrected chi connectivity index (χ1v) is 10.2. The number of benzene rings is 1. The van der Waals surface area contributed by atoms with Gasteiger partial charge < -0.3 is 5.32 Å². The van der Waals surface area contributed by atoms with Gasteiger partial charge in [0.05, 0.1) is 16.4 Å². The zero-order valence-electron chi connectivity index (χ0n) is 11.5. The summed E-state index contributed by atoms with van der Waals surface area (Å²) in [7, 11) is -6.81. The number of sulfone groups is 1. The first-order valence-electron chi connectivity index (χ1n) is 6.91. The van der Waals surface area contributed by atoms with E-state index in [2.05, 4.69) is 10.0 Å². The summed E-state index contributed by atoms with van der Waals surface area (Å²) in [6, 6.07) is 4.52. The van der Waals surface area contributed by atoms with Crippen LogP contribution in [0.4, 0.5) is 0 Å². The van der Waals surface area contributed by atoms with Crippen LogP contribution < -0.4 is 10.0 Å². The van der Waals surface area contributed by atoms with E-state index < -0.39 is 25.9 Å². The molecule has 1 saturated heterocycles. The van der Waals surface area contributed by atoms with Crippen LogP contribution in [0.2, 0.25) is 0 Å². The highest BCUT2D eigenvalue weighted by Gasteiger charge is 2.29. The van der Waals surface area contributed by atoms with Crippen LogP contribution in [0.3, 0.4) is 0 Å². The molecule has 6 nitrogen and oxygen atoms in total. The number of nitrogens with one attached hydrogen (secondary N) is 2. The zero-order chi connectivity index (χ0) is 15.1. The largest absolute Gasteiger partial charge is 0.309 e. The SMILES string of the molecule is O=S1(=O)CCCC(NS(=O)(=O)c2ccc3c(c2)CNC3)C1. The van der Waals surface area contributed by atoms with Gasteiger partial charge in [-0.2, -0.15) is 0 Å². The molecule has 0 spiro atoms. The van der Waals surface area contributed by atoms with Crippen molar-refractivity contribution in [2.45, 2.75) is 36.9 Å². The van der Waals surface area contributed by atoms with Gasteiger partial charge in [-0.25, -0.2) is 21.6 Å². The second-order valence-electron chi connectivity index (χ2n) is 5.61. The summed E-state index contributed by atoms with van der Waals surface area (Å²) in [5.74, 6) is 0.0362. The minimum atomic E-state index is -3.67. The Morgan fingerprint density at radius 3 is 2.71 bits per heavy atom. The Morgan fingerprint density at radius 1 is 1.19 bits per heavy atom. The minimum Gasteiger partial charge on any atom is -0.309 e. The monoisotopic (exact) mass is 330 g/mol. The number of rotatable bonds is 3. The average molecular weight is 330 g/mol. The third-order valence-corrected chi connectivity index (χ3v) is 7.24. The van der Waals surface area contributed by atoms with Crippen LogP contribution in [0, 0.1) is 0 Å². The van der Waals surface area contributed by atoms with Gasteiger partial charge >= 0.3 is 0 Å². The smallest absolute Gasteiger partial charge is 0.240 e. The highest BCUT2D eigenvalue weighted by atomic mass is 32.2. The molecule has 3 rings (SSSR count). The van der Waals surface area contributed by atoms with E-state index in [9.17, 15) is 16.8 Å². The molecule has 0 aromatic heterocycles. The van der Waals surface area contributed by atoms with Crippen LogP contribution >= 0.6 is 0 Å². The van der Waals surface area contributed by atoms with Gasteiger partial charge in [0.2, 0.25) is 10.0 Å². The van der Waals surface area contributed by atoms with E-state index in [0.717, 1.165) is 17.7 Å². The molecule has 2 aliphatic rings. The quantitative estimate of drug-likeness (QED) is 0.823. The summed E-state index contributed by atoms with van der Waals surface area (Å²) in [5, 5.41) is 3.16.